The SMILES string of the molecule is CCOC(=O)Cc1csc(NC(=O)CSc2nnc(C3CC3)n2N)n1. The van der Waals surface area contributed by atoms with Gasteiger partial charge in [-0.1, -0.05) is 11.8 Å². The van der Waals surface area contributed by atoms with E-state index in [1.54, 1.807) is 12.3 Å². The molecule has 25 heavy (non-hydrogen) atoms. The molecule has 11 heteroatoms. The van der Waals surface area contributed by atoms with Crippen molar-refractivity contribution in [3.63, 3.8) is 0 Å². The molecule has 2 heterocycles. The molecule has 0 atom stereocenters. The molecular weight excluding hydrogens is 364 g/mol. The Balaban J connectivity index is 1.48. The smallest absolute Gasteiger partial charge is 0.311 e. The fourth-order valence-electron chi connectivity index (χ4n) is 2.10. The van der Waals surface area contributed by atoms with Crippen LogP contribution in [0.15, 0.2) is 10.5 Å². The van der Waals surface area contributed by atoms with Crippen molar-refractivity contribution in [2.45, 2.75) is 37.3 Å². The van der Waals surface area contributed by atoms with E-state index in [1.165, 1.54) is 27.8 Å². The Morgan fingerprint density at radius 3 is 3.00 bits per heavy atom. The van der Waals surface area contributed by atoms with Crippen molar-refractivity contribution >= 4 is 40.1 Å². The van der Waals surface area contributed by atoms with E-state index in [0.717, 1.165) is 18.7 Å². The number of nitrogens with one attached hydrogen (secondary N) is 1. The first-order valence-corrected chi connectivity index (χ1v) is 9.66. The second kappa shape index (κ2) is 7.83. The second-order valence-electron chi connectivity index (χ2n) is 5.45. The fourth-order valence-corrected chi connectivity index (χ4v) is 3.49. The van der Waals surface area contributed by atoms with Crippen LogP contribution >= 0.6 is 23.1 Å². The summed E-state index contributed by atoms with van der Waals surface area (Å²) in [4.78, 5) is 27.6. The van der Waals surface area contributed by atoms with Gasteiger partial charge in [0, 0.05) is 11.3 Å². The van der Waals surface area contributed by atoms with E-state index in [2.05, 4.69) is 20.5 Å². The molecule has 0 spiro atoms. The summed E-state index contributed by atoms with van der Waals surface area (Å²) in [5, 5.41) is 13.5. The maximum Gasteiger partial charge on any atom is 0.311 e. The summed E-state index contributed by atoms with van der Waals surface area (Å²) >= 11 is 2.48. The quantitative estimate of drug-likeness (QED) is 0.396. The number of nitrogens with two attached hydrogens (primary N) is 1. The fraction of sp³-hybridized carbons (Fsp3) is 0.500. The molecule has 0 aromatic carbocycles. The van der Waals surface area contributed by atoms with Crippen molar-refractivity contribution in [1.29, 1.82) is 0 Å². The minimum atomic E-state index is -0.338. The Bertz CT molecular complexity index is 770. The molecule has 0 bridgehead atoms. The molecule has 2 aromatic heterocycles. The number of amides is 1. The summed E-state index contributed by atoms with van der Waals surface area (Å²) in [6, 6.07) is 0. The predicted molar refractivity (Wildman–Crippen MR) is 94.0 cm³/mol. The highest BCUT2D eigenvalue weighted by atomic mass is 32.2. The van der Waals surface area contributed by atoms with E-state index in [1.807, 2.05) is 0 Å². The summed E-state index contributed by atoms with van der Waals surface area (Å²) in [5.74, 6) is 6.69. The van der Waals surface area contributed by atoms with Crippen LogP contribution in [-0.4, -0.2) is 44.1 Å². The van der Waals surface area contributed by atoms with Crippen LogP contribution < -0.4 is 11.2 Å². The van der Waals surface area contributed by atoms with Gasteiger partial charge in [-0.2, -0.15) is 0 Å². The van der Waals surface area contributed by atoms with Crippen molar-refractivity contribution in [3.05, 3.63) is 16.9 Å². The molecule has 0 aliphatic heterocycles. The molecule has 0 radical (unpaired) electrons. The minimum Gasteiger partial charge on any atom is -0.466 e. The number of thioether (sulfide) groups is 1. The van der Waals surface area contributed by atoms with Gasteiger partial charge in [0.15, 0.2) is 11.0 Å². The summed E-state index contributed by atoms with van der Waals surface area (Å²) in [6.07, 6.45) is 2.26. The Labute approximate surface area is 152 Å². The zero-order chi connectivity index (χ0) is 17.8. The van der Waals surface area contributed by atoms with E-state index in [9.17, 15) is 9.59 Å². The van der Waals surface area contributed by atoms with Crippen molar-refractivity contribution in [3.8, 4) is 0 Å². The molecule has 3 N–H and O–H groups in total. The van der Waals surface area contributed by atoms with E-state index in [-0.39, 0.29) is 24.1 Å². The lowest BCUT2D eigenvalue weighted by Gasteiger charge is -2.03. The van der Waals surface area contributed by atoms with E-state index in [0.29, 0.717) is 28.5 Å². The second-order valence-corrected chi connectivity index (χ2v) is 7.25. The van der Waals surface area contributed by atoms with Crippen LogP contribution in [0.2, 0.25) is 0 Å². The number of aromatic nitrogens is 4. The average molecular weight is 382 g/mol. The largest absolute Gasteiger partial charge is 0.466 e. The number of carbonyl (C=O) groups is 2. The van der Waals surface area contributed by atoms with Crippen LogP contribution in [0.3, 0.4) is 0 Å². The molecule has 2 aromatic rings. The highest BCUT2D eigenvalue weighted by Crippen LogP contribution is 2.39. The number of rotatable bonds is 8. The maximum atomic E-state index is 12.0. The van der Waals surface area contributed by atoms with Gasteiger partial charge in [-0.15, -0.1) is 21.5 Å². The number of nitrogens with zero attached hydrogens (tertiary/aromatic N) is 4. The molecule has 0 saturated heterocycles. The van der Waals surface area contributed by atoms with Crippen LogP contribution in [0, 0.1) is 0 Å². The van der Waals surface area contributed by atoms with Gasteiger partial charge in [-0.05, 0) is 19.8 Å². The summed E-state index contributed by atoms with van der Waals surface area (Å²) in [7, 11) is 0. The minimum absolute atomic E-state index is 0.0924. The number of anilines is 1. The topological polar surface area (TPSA) is 125 Å². The molecule has 134 valence electrons. The summed E-state index contributed by atoms with van der Waals surface area (Å²) < 4.78 is 6.32. The lowest BCUT2D eigenvalue weighted by molar-refractivity contribution is -0.142. The van der Waals surface area contributed by atoms with Gasteiger partial charge in [0.2, 0.25) is 11.1 Å². The monoisotopic (exact) mass is 382 g/mol. The zero-order valence-electron chi connectivity index (χ0n) is 13.6. The van der Waals surface area contributed by atoms with Gasteiger partial charge in [0.25, 0.3) is 0 Å². The number of hydrogen-bond donors (Lipinski definition) is 2. The molecule has 9 nitrogen and oxygen atoms in total. The van der Waals surface area contributed by atoms with E-state index >= 15 is 0 Å². The van der Waals surface area contributed by atoms with Crippen molar-refractivity contribution in [1.82, 2.24) is 19.9 Å². The van der Waals surface area contributed by atoms with Crippen LogP contribution in [-0.2, 0) is 20.7 Å². The number of thiazole rings is 1. The average Bonchev–Trinajstić information content (AvgIpc) is 3.21. The van der Waals surface area contributed by atoms with Gasteiger partial charge in [-0.3, -0.25) is 9.59 Å². The Hall–Kier alpha value is -2.14. The molecule has 1 amide bonds. The number of ether oxygens (including phenoxy) is 1. The third-order valence-corrected chi connectivity index (χ3v) is 5.14. The predicted octanol–water partition coefficient (Wildman–Crippen LogP) is 1.16. The lowest BCUT2D eigenvalue weighted by Crippen LogP contribution is -2.17. The molecule has 1 aliphatic carbocycles. The Morgan fingerprint density at radius 1 is 1.48 bits per heavy atom. The molecular formula is C14H18N6O3S2. The Kier molecular flexibility index (Phi) is 5.53. The standard InChI is InChI=1S/C14H18N6O3S2/c1-2-23-11(22)5-9-6-24-13(16-9)17-10(21)7-25-14-19-18-12(20(14)15)8-3-4-8/h6,8H,2-5,7,15H2,1H3,(H,16,17,21). The van der Waals surface area contributed by atoms with Gasteiger partial charge >= 0.3 is 5.97 Å². The Morgan fingerprint density at radius 2 is 2.28 bits per heavy atom. The number of esters is 1. The van der Waals surface area contributed by atoms with Crippen LogP contribution in [0.4, 0.5) is 5.13 Å². The zero-order valence-corrected chi connectivity index (χ0v) is 15.2. The van der Waals surface area contributed by atoms with Crippen LogP contribution in [0.1, 0.15) is 37.2 Å². The molecule has 1 fully saturated rings. The van der Waals surface area contributed by atoms with Crippen molar-refractivity contribution in [2.24, 2.45) is 0 Å². The van der Waals surface area contributed by atoms with Crippen LogP contribution in [0.25, 0.3) is 0 Å². The van der Waals surface area contributed by atoms with Gasteiger partial charge in [0.05, 0.1) is 24.5 Å². The molecule has 3 rings (SSSR count). The summed E-state index contributed by atoms with van der Waals surface area (Å²) in [6.45, 7) is 2.08. The van der Waals surface area contributed by atoms with Crippen molar-refractivity contribution < 1.29 is 14.3 Å². The number of hydrogen-bond acceptors (Lipinski definition) is 9. The highest BCUT2D eigenvalue weighted by Gasteiger charge is 2.30. The first-order chi connectivity index (χ1) is 12.1. The van der Waals surface area contributed by atoms with E-state index in [4.69, 9.17) is 10.6 Å². The third kappa shape index (κ3) is 4.69. The van der Waals surface area contributed by atoms with Gasteiger partial charge in [-0.25, -0.2) is 9.66 Å². The first-order valence-electron chi connectivity index (χ1n) is 7.80. The summed E-state index contributed by atoms with van der Waals surface area (Å²) in [5.41, 5.74) is 0.571. The number of carbonyl (C=O) groups excluding carboxylic acids is 2. The maximum absolute atomic E-state index is 12.0. The van der Waals surface area contributed by atoms with Gasteiger partial charge < -0.3 is 15.9 Å². The van der Waals surface area contributed by atoms with Crippen LogP contribution in [0.5, 0.6) is 0 Å². The number of nitrogen functional groups attached to an aromatic ring is 1. The van der Waals surface area contributed by atoms with E-state index < -0.39 is 0 Å². The normalized spacial score (nSPS) is 13.6. The first kappa shape index (κ1) is 17.7. The molecule has 1 saturated carbocycles. The third-order valence-electron chi connectivity index (χ3n) is 3.39. The molecule has 1 aliphatic rings. The van der Waals surface area contributed by atoms with Gasteiger partial charge in [0.1, 0.15) is 0 Å². The lowest BCUT2D eigenvalue weighted by atomic mass is 10.3. The molecule has 0 unspecified atom stereocenters. The highest BCUT2D eigenvalue weighted by molar-refractivity contribution is 7.99. The van der Waals surface area contributed by atoms with Crippen molar-refractivity contribution in [2.75, 3.05) is 23.5 Å².